The third-order valence-electron chi connectivity index (χ3n) is 4.44. The van der Waals surface area contributed by atoms with Crippen LogP contribution in [0.1, 0.15) is 35.5 Å². The van der Waals surface area contributed by atoms with Gasteiger partial charge in [-0.3, -0.25) is 4.79 Å². The van der Waals surface area contributed by atoms with Crippen LogP contribution < -0.4 is 15.4 Å². The number of carbonyl (C=O) groups excluding carboxylic acids is 1. The smallest absolute Gasteiger partial charge is 0.410 e. The fourth-order valence-corrected chi connectivity index (χ4v) is 3.31. The fourth-order valence-electron chi connectivity index (χ4n) is 3.31. The summed E-state index contributed by atoms with van der Waals surface area (Å²) in [6.45, 7) is 0. The Bertz CT molecular complexity index is 795. The van der Waals surface area contributed by atoms with Crippen molar-refractivity contribution in [1.82, 2.24) is 20.8 Å². The molecule has 8 nitrogen and oxygen atoms in total. The Morgan fingerprint density at radius 1 is 1.33 bits per heavy atom. The maximum absolute atomic E-state index is 12.3. The van der Waals surface area contributed by atoms with E-state index in [-0.39, 0.29) is 23.9 Å². The third-order valence-corrected chi connectivity index (χ3v) is 4.44. The van der Waals surface area contributed by atoms with Gasteiger partial charge in [-0.2, -0.15) is 5.26 Å². The Morgan fingerprint density at radius 2 is 2.17 bits per heavy atom. The minimum Gasteiger partial charge on any atom is -0.410 e. The summed E-state index contributed by atoms with van der Waals surface area (Å²) < 4.78 is 10.3. The maximum Gasteiger partial charge on any atom is 0.421 e. The van der Waals surface area contributed by atoms with Crippen LogP contribution in [-0.4, -0.2) is 34.2 Å². The van der Waals surface area contributed by atoms with Crippen LogP contribution in [0.5, 0.6) is 11.8 Å². The Hall–Kier alpha value is -2.92. The summed E-state index contributed by atoms with van der Waals surface area (Å²) in [4.78, 5) is 12.3. The first-order valence-corrected chi connectivity index (χ1v) is 7.80. The van der Waals surface area contributed by atoms with Crippen molar-refractivity contribution in [1.29, 1.82) is 5.26 Å². The first-order valence-electron chi connectivity index (χ1n) is 7.80. The lowest BCUT2D eigenvalue weighted by molar-refractivity contribution is 0.0931. The van der Waals surface area contributed by atoms with E-state index < -0.39 is 0 Å². The number of rotatable bonds is 4. The molecule has 3 atom stereocenters. The molecule has 0 radical (unpaired) electrons. The zero-order valence-corrected chi connectivity index (χ0v) is 12.7. The van der Waals surface area contributed by atoms with Crippen molar-refractivity contribution in [3.63, 3.8) is 0 Å². The molecule has 2 N–H and O–H groups in total. The average Bonchev–Trinajstić information content (AvgIpc) is 3.32. The lowest BCUT2D eigenvalue weighted by atomic mass is 9.95. The first kappa shape index (κ1) is 14.7. The molecule has 4 rings (SSSR count). The molecular formula is C16H15N5O3. The molecule has 2 aromatic rings. The molecule has 0 aliphatic carbocycles. The van der Waals surface area contributed by atoms with Gasteiger partial charge in [-0.15, -0.1) is 0 Å². The second-order valence-electron chi connectivity index (χ2n) is 5.97. The molecule has 2 saturated heterocycles. The minimum absolute atomic E-state index is 0.0922. The average molecular weight is 325 g/mol. The summed E-state index contributed by atoms with van der Waals surface area (Å²) in [7, 11) is 0. The Labute approximate surface area is 137 Å². The van der Waals surface area contributed by atoms with Crippen molar-refractivity contribution in [2.45, 2.75) is 37.4 Å². The van der Waals surface area contributed by atoms with E-state index in [0.717, 1.165) is 12.8 Å². The standard InChI is InChI=1S/C16H15N5O3/c17-8-14-20-21-16(24-14)23-11-4-1-9(2-5-11)15(22)19-13-7-10-3-6-12(13)18-10/h1-2,4-5,10,12-13,18H,3,6-7H2,(H,19,22). The van der Waals surface area contributed by atoms with Gasteiger partial charge in [0, 0.05) is 23.7 Å². The van der Waals surface area contributed by atoms with Crippen LogP contribution >= 0.6 is 0 Å². The lowest BCUT2D eigenvalue weighted by Crippen LogP contribution is -2.42. The van der Waals surface area contributed by atoms with Gasteiger partial charge in [-0.1, -0.05) is 10.2 Å². The Morgan fingerprint density at radius 3 is 2.79 bits per heavy atom. The summed E-state index contributed by atoms with van der Waals surface area (Å²) in [6.07, 6.45) is 3.20. The molecule has 2 aliphatic heterocycles. The topological polar surface area (TPSA) is 113 Å². The summed E-state index contributed by atoms with van der Waals surface area (Å²) in [6, 6.07) is 9.50. The molecule has 1 aromatic heterocycles. The number of nitriles is 1. The largest absolute Gasteiger partial charge is 0.421 e. The van der Waals surface area contributed by atoms with Crippen LogP contribution in [0, 0.1) is 11.3 Å². The Balaban J connectivity index is 1.38. The number of carbonyl (C=O) groups is 1. The van der Waals surface area contributed by atoms with Gasteiger partial charge in [0.2, 0.25) is 0 Å². The third kappa shape index (κ3) is 2.81. The summed E-state index contributed by atoms with van der Waals surface area (Å²) in [5.41, 5.74) is 0.563. The normalized spacial score (nSPS) is 24.5. The minimum atomic E-state index is -0.166. The maximum atomic E-state index is 12.3. The zero-order chi connectivity index (χ0) is 16.5. The van der Waals surface area contributed by atoms with Crippen molar-refractivity contribution >= 4 is 5.91 Å². The van der Waals surface area contributed by atoms with E-state index in [4.69, 9.17) is 14.4 Å². The first-order chi connectivity index (χ1) is 11.7. The van der Waals surface area contributed by atoms with Crippen LogP contribution in [0.15, 0.2) is 28.7 Å². The van der Waals surface area contributed by atoms with E-state index >= 15 is 0 Å². The van der Waals surface area contributed by atoms with E-state index in [1.165, 1.54) is 6.42 Å². The van der Waals surface area contributed by atoms with Crippen molar-refractivity contribution < 1.29 is 13.9 Å². The molecule has 2 fully saturated rings. The molecule has 0 spiro atoms. The van der Waals surface area contributed by atoms with Gasteiger partial charge in [0.1, 0.15) is 5.75 Å². The number of amides is 1. The van der Waals surface area contributed by atoms with Gasteiger partial charge in [0.25, 0.3) is 5.91 Å². The SMILES string of the molecule is N#Cc1nnc(Oc2ccc(C(=O)NC3CC4CCC3N4)cc2)o1. The molecule has 1 amide bonds. The molecule has 2 bridgehead atoms. The van der Waals surface area contributed by atoms with Crippen LogP contribution in [-0.2, 0) is 0 Å². The van der Waals surface area contributed by atoms with E-state index in [9.17, 15) is 4.79 Å². The van der Waals surface area contributed by atoms with Crippen LogP contribution in [0.4, 0.5) is 0 Å². The molecule has 1 aromatic carbocycles. The number of benzene rings is 1. The van der Waals surface area contributed by atoms with Gasteiger partial charge in [0.05, 0.1) is 0 Å². The van der Waals surface area contributed by atoms with E-state index in [1.54, 1.807) is 30.3 Å². The highest BCUT2D eigenvalue weighted by Crippen LogP contribution is 2.28. The van der Waals surface area contributed by atoms with E-state index in [0.29, 0.717) is 23.4 Å². The molecule has 2 aliphatic rings. The monoisotopic (exact) mass is 325 g/mol. The molecule has 3 unspecified atom stereocenters. The highest BCUT2D eigenvalue weighted by Gasteiger charge is 2.39. The molecule has 8 heteroatoms. The predicted octanol–water partition coefficient (Wildman–Crippen LogP) is 1.36. The number of nitrogens with zero attached hydrogens (tertiary/aromatic N) is 3. The van der Waals surface area contributed by atoms with Gasteiger partial charge >= 0.3 is 12.0 Å². The van der Waals surface area contributed by atoms with Gasteiger partial charge in [-0.25, -0.2) is 0 Å². The van der Waals surface area contributed by atoms with E-state index in [2.05, 4.69) is 20.8 Å². The number of nitrogens with one attached hydrogen (secondary N) is 2. The molecular weight excluding hydrogens is 310 g/mol. The van der Waals surface area contributed by atoms with Crippen molar-refractivity contribution in [2.24, 2.45) is 0 Å². The summed E-state index contributed by atoms with van der Waals surface area (Å²) in [5.74, 6) is 0.187. The van der Waals surface area contributed by atoms with Crippen LogP contribution in [0.25, 0.3) is 0 Å². The number of aromatic nitrogens is 2. The summed E-state index contributed by atoms with van der Waals surface area (Å²) >= 11 is 0. The van der Waals surface area contributed by atoms with Crippen molar-refractivity contribution in [3.05, 3.63) is 35.7 Å². The predicted molar refractivity (Wildman–Crippen MR) is 81.3 cm³/mol. The summed E-state index contributed by atoms with van der Waals surface area (Å²) in [5, 5.41) is 22.3. The molecule has 24 heavy (non-hydrogen) atoms. The number of fused-ring (bicyclic) bond motifs is 2. The van der Waals surface area contributed by atoms with Gasteiger partial charge < -0.3 is 19.8 Å². The second kappa shape index (κ2) is 5.94. The quantitative estimate of drug-likeness (QED) is 0.872. The van der Waals surface area contributed by atoms with Gasteiger partial charge in [0.15, 0.2) is 6.07 Å². The van der Waals surface area contributed by atoms with Crippen LogP contribution in [0.3, 0.4) is 0 Å². The molecule has 122 valence electrons. The zero-order valence-electron chi connectivity index (χ0n) is 12.7. The second-order valence-corrected chi connectivity index (χ2v) is 5.97. The van der Waals surface area contributed by atoms with Crippen molar-refractivity contribution in [3.8, 4) is 17.9 Å². The highest BCUT2D eigenvalue weighted by molar-refractivity contribution is 5.94. The number of hydrogen-bond acceptors (Lipinski definition) is 7. The number of ether oxygens (including phenoxy) is 1. The van der Waals surface area contributed by atoms with E-state index in [1.807, 2.05) is 0 Å². The van der Waals surface area contributed by atoms with Crippen molar-refractivity contribution in [2.75, 3.05) is 0 Å². The van der Waals surface area contributed by atoms with Gasteiger partial charge in [-0.05, 0) is 43.5 Å². The molecule has 0 saturated carbocycles. The van der Waals surface area contributed by atoms with Crippen LogP contribution in [0.2, 0.25) is 0 Å². The lowest BCUT2D eigenvalue weighted by Gasteiger charge is -2.21. The fraction of sp³-hybridized carbons (Fsp3) is 0.375. The molecule has 3 heterocycles. The highest BCUT2D eigenvalue weighted by atomic mass is 16.6. The number of hydrogen-bond donors (Lipinski definition) is 2. The Kier molecular flexibility index (Phi) is 3.63.